The predicted molar refractivity (Wildman–Crippen MR) is 72.6 cm³/mol. The van der Waals surface area contributed by atoms with Gasteiger partial charge in [0.25, 0.3) is 0 Å². The molecule has 0 aliphatic rings. The molecule has 1 aromatic rings. The number of allylic oxidation sites excluding steroid dienone is 2. The minimum absolute atomic E-state index is 0.829. The molecule has 0 N–H and O–H groups in total. The van der Waals surface area contributed by atoms with Crippen LogP contribution in [0.4, 0.5) is 0 Å². The fourth-order valence-corrected chi connectivity index (χ4v) is 1.86. The highest BCUT2D eigenvalue weighted by Crippen LogP contribution is 2.15. The highest BCUT2D eigenvalue weighted by molar-refractivity contribution is 5.14. The van der Waals surface area contributed by atoms with Gasteiger partial charge in [0.05, 0.1) is 0 Å². The fourth-order valence-electron chi connectivity index (χ4n) is 1.86. The molecule has 0 fully saturated rings. The standard InChI is InChI=1S/C16H24/c1-14(2)8-7-9-15(3)12-13-16-10-5-4-6-11-16/h4-6,8,10-11,15H,7,9,12-13H2,1-3H3/t15-/m0/s1. The number of rotatable bonds is 6. The molecule has 0 saturated heterocycles. The maximum Gasteiger partial charge on any atom is -0.0276 e. The van der Waals surface area contributed by atoms with Crippen molar-refractivity contribution in [1.82, 2.24) is 0 Å². The Balaban J connectivity index is 2.20. The Bertz CT molecular complexity index is 304. The second kappa shape index (κ2) is 7.27. The molecule has 0 aliphatic heterocycles. The van der Waals surface area contributed by atoms with Crippen molar-refractivity contribution < 1.29 is 0 Å². The van der Waals surface area contributed by atoms with Gasteiger partial charge in [-0.2, -0.15) is 0 Å². The first-order valence-corrected chi connectivity index (χ1v) is 6.36. The summed E-state index contributed by atoms with van der Waals surface area (Å²) in [4.78, 5) is 0. The number of hydrogen-bond donors (Lipinski definition) is 0. The van der Waals surface area contributed by atoms with Gasteiger partial charge in [0.15, 0.2) is 0 Å². The Labute approximate surface area is 100 Å². The molecule has 0 aromatic heterocycles. The van der Waals surface area contributed by atoms with Gasteiger partial charge < -0.3 is 0 Å². The summed E-state index contributed by atoms with van der Waals surface area (Å²) in [6.07, 6.45) is 7.42. The minimum atomic E-state index is 0.829. The molecule has 0 radical (unpaired) electrons. The predicted octanol–water partition coefficient (Wildman–Crippen LogP) is 5.00. The SMILES string of the molecule is CC(C)=CCC[C@H](C)CCc1ccccc1. The van der Waals surface area contributed by atoms with E-state index in [0.717, 1.165) is 5.92 Å². The molecule has 16 heavy (non-hydrogen) atoms. The molecular weight excluding hydrogens is 192 g/mol. The van der Waals surface area contributed by atoms with Crippen LogP contribution >= 0.6 is 0 Å². The number of hydrogen-bond acceptors (Lipinski definition) is 0. The molecule has 0 aliphatic carbocycles. The molecule has 1 rings (SSSR count). The molecule has 0 bridgehead atoms. The number of aryl methyl sites for hydroxylation is 1. The Hall–Kier alpha value is -1.04. The monoisotopic (exact) mass is 216 g/mol. The van der Waals surface area contributed by atoms with Gasteiger partial charge in [-0.3, -0.25) is 0 Å². The lowest BCUT2D eigenvalue weighted by atomic mass is 9.96. The van der Waals surface area contributed by atoms with E-state index < -0.39 is 0 Å². The van der Waals surface area contributed by atoms with Gasteiger partial charge in [0, 0.05) is 0 Å². The lowest BCUT2D eigenvalue weighted by Crippen LogP contribution is -1.97. The van der Waals surface area contributed by atoms with E-state index in [4.69, 9.17) is 0 Å². The fraction of sp³-hybridized carbons (Fsp3) is 0.500. The van der Waals surface area contributed by atoms with Gasteiger partial charge in [0.2, 0.25) is 0 Å². The molecule has 0 heteroatoms. The zero-order chi connectivity index (χ0) is 11.8. The molecule has 0 nitrogen and oxygen atoms in total. The van der Waals surface area contributed by atoms with Crippen molar-refractivity contribution in [2.24, 2.45) is 5.92 Å². The van der Waals surface area contributed by atoms with E-state index in [0.29, 0.717) is 0 Å². The third-order valence-electron chi connectivity index (χ3n) is 2.98. The van der Waals surface area contributed by atoms with Gasteiger partial charge >= 0.3 is 0 Å². The summed E-state index contributed by atoms with van der Waals surface area (Å²) in [5.41, 5.74) is 2.91. The third kappa shape index (κ3) is 5.75. The Morgan fingerprint density at radius 2 is 1.81 bits per heavy atom. The first-order chi connectivity index (χ1) is 7.68. The second-order valence-corrected chi connectivity index (χ2v) is 4.99. The maximum atomic E-state index is 2.36. The first kappa shape index (κ1) is 13.0. The number of benzene rings is 1. The van der Waals surface area contributed by atoms with Crippen molar-refractivity contribution in [1.29, 1.82) is 0 Å². The Morgan fingerprint density at radius 1 is 1.12 bits per heavy atom. The van der Waals surface area contributed by atoms with Crippen molar-refractivity contribution in [2.75, 3.05) is 0 Å². The van der Waals surface area contributed by atoms with Crippen molar-refractivity contribution in [2.45, 2.75) is 46.5 Å². The van der Waals surface area contributed by atoms with Crippen LogP contribution in [-0.4, -0.2) is 0 Å². The average Bonchev–Trinajstić information content (AvgIpc) is 2.27. The summed E-state index contributed by atoms with van der Waals surface area (Å²) >= 11 is 0. The largest absolute Gasteiger partial charge is 0.0859 e. The minimum Gasteiger partial charge on any atom is -0.0859 e. The van der Waals surface area contributed by atoms with E-state index in [2.05, 4.69) is 57.2 Å². The van der Waals surface area contributed by atoms with E-state index >= 15 is 0 Å². The summed E-state index contributed by atoms with van der Waals surface area (Å²) < 4.78 is 0. The Morgan fingerprint density at radius 3 is 2.44 bits per heavy atom. The van der Waals surface area contributed by atoms with E-state index in [1.807, 2.05) is 0 Å². The van der Waals surface area contributed by atoms with E-state index in [-0.39, 0.29) is 0 Å². The van der Waals surface area contributed by atoms with Gasteiger partial charge in [-0.25, -0.2) is 0 Å². The van der Waals surface area contributed by atoms with Gasteiger partial charge in [-0.05, 0) is 51.0 Å². The van der Waals surface area contributed by atoms with Crippen LogP contribution in [-0.2, 0) is 6.42 Å². The molecular formula is C16H24. The molecule has 1 atom stereocenters. The zero-order valence-corrected chi connectivity index (χ0v) is 10.9. The summed E-state index contributed by atoms with van der Waals surface area (Å²) in [6, 6.07) is 10.8. The van der Waals surface area contributed by atoms with E-state index in [1.54, 1.807) is 0 Å². The van der Waals surface area contributed by atoms with Crippen LogP contribution in [0.1, 0.15) is 45.6 Å². The lowest BCUT2D eigenvalue weighted by Gasteiger charge is -2.09. The van der Waals surface area contributed by atoms with Gasteiger partial charge in [0.1, 0.15) is 0 Å². The van der Waals surface area contributed by atoms with Gasteiger partial charge in [-0.1, -0.05) is 48.9 Å². The van der Waals surface area contributed by atoms with Crippen LogP contribution in [0.15, 0.2) is 42.0 Å². The smallest absolute Gasteiger partial charge is 0.0276 e. The van der Waals surface area contributed by atoms with Crippen LogP contribution in [0.25, 0.3) is 0 Å². The summed E-state index contributed by atoms with van der Waals surface area (Å²) in [6.45, 7) is 6.71. The Kier molecular flexibility index (Phi) is 5.92. The van der Waals surface area contributed by atoms with Crippen LogP contribution in [0.2, 0.25) is 0 Å². The van der Waals surface area contributed by atoms with Crippen LogP contribution in [0, 0.1) is 5.92 Å². The molecule has 88 valence electrons. The average molecular weight is 216 g/mol. The molecule has 0 amide bonds. The van der Waals surface area contributed by atoms with E-state index in [9.17, 15) is 0 Å². The molecule has 1 aromatic carbocycles. The molecule has 0 unspecified atom stereocenters. The van der Waals surface area contributed by atoms with Crippen molar-refractivity contribution >= 4 is 0 Å². The van der Waals surface area contributed by atoms with Crippen molar-refractivity contribution in [3.05, 3.63) is 47.5 Å². The first-order valence-electron chi connectivity index (χ1n) is 6.36. The normalized spacial score (nSPS) is 12.2. The lowest BCUT2D eigenvalue weighted by molar-refractivity contribution is 0.497. The molecule has 0 heterocycles. The summed E-state index contributed by atoms with van der Waals surface area (Å²) in [7, 11) is 0. The quantitative estimate of drug-likeness (QED) is 0.587. The van der Waals surface area contributed by atoms with Crippen LogP contribution < -0.4 is 0 Å². The highest BCUT2D eigenvalue weighted by atomic mass is 14.1. The van der Waals surface area contributed by atoms with Crippen LogP contribution in [0.5, 0.6) is 0 Å². The van der Waals surface area contributed by atoms with E-state index in [1.165, 1.54) is 36.8 Å². The topological polar surface area (TPSA) is 0 Å². The zero-order valence-electron chi connectivity index (χ0n) is 10.9. The van der Waals surface area contributed by atoms with Crippen molar-refractivity contribution in [3.63, 3.8) is 0 Å². The van der Waals surface area contributed by atoms with Crippen LogP contribution in [0.3, 0.4) is 0 Å². The van der Waals surface area contributed by atoms with Crippen molar-refractivity contribution in [3.8, 4) is 0 Å². The summed E-state index contributed by atoms with van der Waals surface area (Å²) in [5.74, 6) is 0.829. The highest BCUT2D eigenvalue weighted by Gasteiger charge is 2.01. The third-order valence-corrected chi connectivity index (χ3v) is 2.98. The molecule has 0 spiro atoms. The molecule has 0 saturated carbocycles. The van der Waals surface area contributed by atoms with Gasteiger partial charge in [-0.15, -0.1) is 0 Å². The maximum absolute atomic E-state index is 2.36. The second-order valence-electron chi connectivity index (χ2n) is 4.99. The summed E-state index contributed by atoms with van der Waals surface area (Å²) in [5, 5.41) is 0.